The molecule has 0 aliphatic rings. The van der Waals surface area contributed by atoms with Crippen molar-refractivity contribution in [2.75, 3.05) is 54.4 Å². The van der Waals surface area contributed by atoms with Gasteiger partial charge < -0.3 is 20.2 Å². The molecule has 1 aromatic heterocycles. The predicted molar refractivity (Wildman–Crippen MR) is 156 cm³/mol. The Bertz CT molecular complexity index is 576. The third-order valence-corrected chi connectivity index (χ3v) is 6.67. The van der Waals surface area contributed by atoms with Crippen LogP contribution >= 0.6 is 0 Å². The first kappa shape index (κ1) is 32.4. The first-order valence-corrected chi connectivity index (χ1v) is 15.3. The summed E-state index contributed by atoms with van der Waals surface area (Å²) in [5, 5.41) is 12.4. The van der Waals surface area contributed by atoms with Gasteiger partial charge in [-0.2, -0.15) is 15.0 Å². The van der Waals surface area contributed by atoms with E-state index in [0.717, 1.165) is 95.5 Å². The van der Waals surface area contributed by atoms with Crippen molar-refractivity contribution in [3.63, 3.8) is 0 Å². The van der Waals surface area contributed by atoms with Crippen molar-refractivity contribution in [3.8, 4) is 0 Å². The third kappa shape index (κ3) is 14.8. The second-order valence-corrected chi connectivity index (χ2v) is 10.1. The monoisotopic (exact) mass is 506 g/mol. The van der Waals surface area contributed by atoms with E-state index in [1.54, 1.807) is 0 Å². The zero-order valence-corrected chi connectivity index (χ0v) is 24.2. The number of rotatable bonds is 25. The summed E-state index contributed by atoms with van der Waals surface area (Å²) >= 11 is 0. The lowest BCUT2D eigenvalue weighted by Crippen LogP contribution is -2.32. The van der Waals surface area contributed by atoms with Crippen LogP contribution in [0.2, 0.25) is 0 Å². The fraction of sp³-hybridized carbons (Fsp3) is 0.897. The second kappa shape index (κ2) is 22.6. The maximum absolute atomic E-state index is 8.88. The maximum atomic E-state index is 8.88. The molecule has 2 N–H and O–H groups in total. The smallest absolute Gasteiger partial charge is 0.231 e. The first-order chi connectivity index (χ1) is 17.7. The lowest BCUT2D eigenvalue weighted by atomic mass is 10.1. The van der Waals surface area contributed by atoms with Crippen LogP contribution in [0.4, 0.5) is 17.8 Å². The Morgan fingerprint density at radius 2 is 0.917 bits per heavy atom. The van der Waals surface area contributed by atoms with E-state index >= 15 is 0 Å². The number of hydrogen-bond donors (Lipinski definition) is 2. The van der Waals surface area contributed by atoms with Crippen molar-refractivity contribution < 1.29 is 5.11 Å². The highest BCUT2D eigenvalue weighted by atomic mass is 16.2. The van der Waals surface area contributed by atoms with Crippen molar-refractivity contribution in [1.82, 2.24) is 15.0 Å². The molecule has 0 aromatic carbocycles. The summed E-state index contributed by atoms with van der Waals surface area (Å²) in [6, 6.07) is 0. The number of hydrogen-bond acceptors (Lipinski definition) is 7. The molecule has 36 heavy (non-hydrogen) atoms. The number of aliphatic hydroxyl groups is 1. The standard InChI is InChI=1S/C29H58N6O/c1-5-9-22-34(23-10-6-2)28-31-27(30-21-19-17-15-13-14-16-18-20-26-36)32-29(33-28)35(24-11-7-3)25-12-8-4/h36H,5-26H2,1-4H3,(H,30,31,32,33). The minimum absolute atomic E-state index is 0.329. The minimum Gasteiger partial charge on any atom is -0.396 e. The largest absolute Gasteiger partial charge is 0.396 e. The Labute approximate surface area is 222 Å². The summed E-state index contributed by atoms with van der Waals surface area (Å²) in [5.74, 6) is 2.41. The first-order valence-electron chi connectivity index (χ1n) is 15.3. The van der Waals surface area contributed by atoms with Crippen molar-refractivity contribution in [1.29, 1.82) is 0 Å². The van der Waals surface area contributed by atoms with Gasteiger partial charge in [-0.3, -0.25) is 0 Å². The van der Waals surface area contributed by atoms with E-state index in [0.29, 0.717) is 6.61 Å². The van der Waals surface area contributed by atoms with Gasteiger partial charge in [-0.15, -0.1) is 0 Å². The van der Waals surface area contributed by atoms with E-state index in [4.69, 9.17) is 20.1 Å². The van der Waals surface area contributed by atoms with Crippen LogP contribution in [0, 0.1) is 0 Å². The van der Waals surface area contributed by atoms with Crippen molar-refractivity contribution in [2.45, 2.75) is 130 Å². The molecule has 0 saturated heterocycles. The molecule has 0 amide bonds. The fourth-order valence-corrected chi connectivity index (χ4v) is 4.23. The normalized spacial score (nSPS) is 11.1. The number of nitrogens with zero attached hydrogens (tertiary/aromatic N) is 5. The number of unbranched alkanes of at least 4 members (excludes halogenated alkanes) is 11. The summed E-state index contributed by atoms with van der Waals surface area (Å²) in [5.41, 5.74) is 0. The Hall–Kier alpha value is -1.63. The average molecular weight is 507 g/mol. The number of anilines is 3. The van der Waals surface area contributed by atoms with Crippen molar-refractivity contribution in [2.24, 2.45) is 0 Å². The Morgan fingerprint density at radius 3 is 1.31 bits per heavy atom. The molecule has 0 aliphatic heterocycles. The summed E-state index contributed by atoms with van der Waals surface area (Å²) in [4.78, 5) is 19.6. The van der Waals surface area contributed by atoms with Gasteiger partial charge in [-0.1, -0.05) is 91.9 Å². The molecule has 7 nitrogen and oxygen atoms in total. The van der Waals surface area contributed by atoms with E-state index < -0.39 is 0 Å². The van der Waals surface area contributed by atoms with Crippen LogP contribution in [0.3, 0.4) is 0 Å². The zero-order chi connectivity index (χ0) is 26.3. The molecule has 0 saturated carbocycles. The van der Waals surface area contributed by atoms with Crippen LogP contribution in [0.5, 0.6) is 0 Å². The average Bonchev–Trinajstić information content (AvgIpc) is 2.89. The summed E-state index contributed by atoms with van der Waals surface area (Å²) in [6.45, 7) is 14.2. The van der Waals surface area contributed by atoms with Gasteiger partial charge in [0.2, 0.25) is 17.8 Å². The quantitative estimate of drug-likeness (QED) is 0.136. The van der Waals surface area contributed by atoms with Crippen molar-refractivity contribution in [3.05, 3.63) is 0 Å². The fourth-order valence-electron chi connectivity index (χ4n) is 4.23. The van der Waals surface area contributed by atoms with Crippen LogP contribution in [-0.2, 0) is 0 Å². The molecule has 0 radical (unpaired) electrons. The predicted octanol–water partition coefficient (Wildman–Crippen LogP) is 7.21. The molecule has 0 aliphatic carbocycles. The van der Waals surface area contributed by atoms with Gasteiger partial charge in [0.15, 0.2) is 0 Å². The molecule has 1 aromatic rings. The third-order valence-electron chi connectivity index (χ3n) is 6.67. The number of aromatic nitrogens is 3. The lowest BCUT2D eigenvalue weighted by molar-refractivity contribution is 0.282. The molecule has 0 unspecified atom stereocenters. The minimum atomic E-state index is 0.329. The zero-order valence-electron chi connectivity index (χ0n) is 24.2. The van der Waals surface area contributed by atoms with Crippen LogP contribution in [0.1, 0.15) is 130 Å². The van der Waals surface area contributed by atoms with Crippen LogP contribution in [-0.4, -0.2) is 59.4 Å². The van der Waals surface area contributed by atoms with E-state index in [2.05, 4.69) is 42.8 Å². The molecule has 0 bridgehead atoms. The van der Waals surface area contributed by atoms with Crippen LogP contribution in [0.25, 0.3) is 0 Å². The lowest BCUT2D eigenvalue weighted by Gasteiger charge is -2.26. The highest BCUT2D eigenvalue weighted by Crippen LogP contribution is 2.19. The number of aliphatic hydroxyl groups excluding tert-OH is 1. The van der Waals surface area contributed by atoms with Gasteiger partial charge in [0.05, 0.1) is 0 Å². The van der Waals surface area contributed by atoms with Crippen LogP contribution < -0.4 is 15.1 Å². The maximum Gasteiger partial charge on any atom is 0.231 e. The van der Waals surface area contributed by atoms with E-state index in [1.807, 2.05) is 0 Å². The van der Waals surface area contributed by atoms with Gasteiger partial charge >= 0.3 is 0 Å². The molecule has 210 valence electrons. The Kier molecular flexibility index (Phi) is 20.3. The number of nitrogens with one attached hydrogen (secondary N) is 1. The molecular formula is C29H58N6O. The molecule has 0 fully saturated rings. The van der Waals surface area contributed by atoms with Crippen molar-refractivity contribution >= 4 is 17.8 Å². The second-order valence-electron chi connectivity index (χ2n) is 10.1. The van der Waals surface area contributed by atoms with Gasteiger partial charge in [-0.05, 0) is 38.5 Å². The highest BCUT2D eigenvalue weighted by Gasteiger charge is 2.17. The van der Waals surface area contributed by atoms with Crippen LogP contribution in [0.15, 0.2) is 0 Å². The van der Waals surface area contributed by atoms with E-state index in [-0.39, 0.29) is 0 Å². The highest BCUT2D eigenvalue weighted by molar-refractivity contribution is 5.45. The van der Waals surface area contributed by atoms with E-state index in [1.165, 1.54) is 57.8 Å². The summed E-state index contributed by atoms with van der Waals surface area (Å²) in [6.07, 6.45) is 18.9. The molecule has 7 heteroatoms. The van der Waals surface area contributed by atoms with Gasteiger partial charge in [0, 0.05) is 39.3 Å². The van der Waals surface area contributed by atoms with Gasteiger partial charge in [-0.25, -0.2) is 0 Å². The molecule has 0 atom stereocenters. The summed E-state index contributed by atoms with van der Waals surface area (Å²) < 4.78 is 0. The molecule has 1 rings (SSSR count). The Morgan fingerprint density at radius 1 is 0.528 bits per heavy atom. The van der Waals surface area contributed by atoms with Gasteiger partial charge in [0.25, 0.3) is 0 Å². The summed E-state index contributed by atoms with van der Waals surface area (Å²) in [7, 11) is 0. The SMILES string of the molecule is CCCCN(CCCC)c1nc(NCCCCCCCCCCO)nc(N(CCCC)CCCC)n1. The topological polar surface area (TPSA) is 77.4 Å². The molecular weight excluding hydrogens is 448 g/mol. The molecule has 0 spiro atoms. The Balaban J connectivity index is 2.86. The molecule has 1 heterocycles. The van der Waals surface area contributed by atoms with E-state index in [9.17, 15) is 0 Å². The van der Waals surface area contributed by atoms with Gasteiger partial charge in [0.1, 0.15) is 0 Å².